The summed E-state index contributed by atoms with van der Waals surface area (Å²) < 4.78 is 7.59. The highest BCUT2D eigenvalue weighted by atomic mass is 16.5. The molecule has 1 amide bonds. The summed E-state index contributed by atoms with van der Waals surface area (Å²) >= 11 is 0. The molecule has 122 valence electrons. The molecule has 1 aromatic carbocycles. The lowest BCUT2D eigenvalue weighted by atomic mass is 10.1. The van der Waals surface area contributed by atoms with Crippen LogP contribution in [0.1, 0.15) is 22.3 Å². The molecular formula is C16H16N6O2. The molecule has 0 spiro atoms. The molecule has 3 aromatic rings. The molecule has 24 heavy (non-hydrogen) atoms. The molecular weight excluding hydrogens is 308 g/mol. The number of morpholine rings is 1. The van der Waals surface area contributed by atoms with E-state index in [9.17, 15) is 4.79 Å². The van der Waals surface area contributed by atoms with Crippen molar-refractivity contribution in [1.82, 2.24) is 30.1 Å². The smallest absolute Gasteiger partial charge is 0.256 e. The molecule has 1 atom stereocenters. The van der Waals surface area contributed by atoms with E-state index in [1.54, 1.807) is 4.90 Å². The number of para-hydroxylation sites is 1. The maximum Gasteiger partial charge on any atom is 0.256 e. The highest BCUT2D eigenvalue weighted by Gasteiger charge is 2.29. The SMILES string of the molecule is O=C(c1ccccc1-n1cccc1)N1CCOC(c2nn[nH]n2)C1. The van der Waals surface area contributed by atoms with Crippen molar-refractivity contribution < 1.29 is 9.53 Å². The number of nitrogens with one attached hydrogen (secondary N) is 1. The van der Waals surface area contributed by atoms with Crippen LogP contribution in [0.2, 0.25) is 0 Å². The average Bonchev–Trinajstić information content (AvgIpc) is 3.35. The van der Waals surface area contributed by atoms with Gasteiger partial charge in [-0.15, -0.1) is 10.2 Å². The molecule has 1 fully saturated rings. The highest BCUT2D eigenvalue weighted by Crippen LogP contribution is 2.22. The topological polar surface area (TPSA) is 88.9 Å². The number of hydrogen-bond donors (Lipinski definition) is 1. The Labute approximate surface area is 138 Å². The van der Waals surface area contributed by atoms with Gasteiger partial charge in [-0.3, -0.25) is 4.79 Å². The molecule has 2 aromatic heterocycles. The Hall–Kier alpha value is -3.00. The zero-order chi connectivity index (χ0) is 16.4. The summed E-state index contributed by atoms with van der Waals surface area (Å²) in [6, 6.07) is 11.4. The van der Waals surface area contributed by atoms with Crippen molar-refractivity contribution >= 4 is 5.91 Å². The summed E-state index contributed by atoms with van der Waals surface area (Å²) in [6.07, 6.45) is 3.49. The lowest BCUT2D eigenvalue weighted by Gasteiger charge is -2.32. The summed E-state index contributed by atoms with van der Waals surface area (Å²) in [5.41, 5.74) is 1.51. The fraction of sp³-hybridized carbons (Fsp3) is 0.250. The van der Waals surface area contributed by atoms with Crippen LogP contribution in [0.5, 0.6) is 0 Å². The Morgan fingerprint density at radius 1 is 1.21 bits per heavy atom. The number of benzene rings is 1. The van der Waals surface area contributed by atoms with Gasteiger partial charge >= 0.3 is 0 Å². The molecule has 3 heterocycles. The van der Waals surface area contributed by atoms with Crippen LogP contribution in [0.3, 0.4) is 0 Å². The summed E-state index contributed by atoms with van der Waals surface area (Å²) in [5, 5.41) is 13.9. The third kappa shape index (κ3) is 2.67. The Morgan fingerprint density at radius 3 is 2.83 bits per heavy atom. The Kier molecular flexibility index (Phi) is 3.80. The van der Waals surface area contributed by atoms with Gasteiger partial charge in [-0.25, -0.2) is 0 Å². The van der Waals surface area contributed by atoms with E-state index in [1.165, 1.54) is 0 Å². The van der Waals surface area contributed by atoms with Crippen molar-refractivity contribution in [1.29, 1.82) is 0 Å². The fourth-order valence-electron chi connectivity index (χ4n) is 2.84. The van der Waals surface area contributed by atoms with Gasteiger partial charge in [0.1, 0.15) is 6.10 Å². The zero-order valence-electron chi connectivity index (χ0n) is 12.9. The predicted molar refractivity (Wildman–Crippen MR) is 84.5 cm³/mol. The number of carbonyl (C=O) groups is 1. The van der Waals surface area contributed by atoms with Gasteiger partial charge in [0.05, 0.1) is 24.4 Å². The first-order valence-electron chi connectivity index (χ1n) is 7.69. The quantitative estimate of drug-likeness (QED) is 0.782. The van der Waals surface area contributed by atoms with Gasteiger partial charge in [-0.2, -0.15) is 5.21 Å². The van der Waals surface area contributed by atoms with Crippen molar-refractivity contribution in [3.63, 3.8) is 0 Å². The van der Waals surface area contributed by atoms with Crippen LogP contribution in [0.25, 0.3) is 5.69 Å². The van der Waals surface area contributed by atoms with Crippen molar-refractivity contribution in [2.24, 2.45) is 0 Å². The molecule has 1 aliphatic heterocycles. The maximum atomic E-state index is 13.0. The van der Waals surface area contributed by atoms with Crippen LogP contribution in [0, 0.1) is 0 Å². The number of rotatable bonds is 3. The Morgan fingerprint density at radius 2 is 2.04 bits per heavy atom. The maximum absolute atomic E-state index is 13.0. The highest BCUT2D eigenvalue weighted by molar-refractivity contribution is 5.97. The molecule has 8 heteroatoms. The van der Waals surface area contributed by atoms with E-state index in [-0.39, 0.29) is 12.0 Å². The van der Waals surface area contributed by atoms with E-state index < -0.39 is 0 Å². The molecule has 1 unspecified atom stereocenters. The van der Waals surface area contributed by atoms with E-state index in [0.29, 0.717) is 31.1 Å². The summed E-state index contributed by atoms with van der Waals surface area (Å²) in [6.45, 7) is 1.38. The number of carbonyl (C=O) groups excluding carboxylic acids is 1. The minimum absolute atomic E-state index is 0.0314. The van der Waals surface area contributed by atoms with Gasteiger partial charge in [0.2, 0.25) is 5.82 Å². The van der Waals surface area contributed by atoms with E-state index in [2.05, 4.69) is 20.6 Å². The van der Waals surface area contributed by atoms with Crippen molar-refractivity contribution in [2.45, 2.75) is 6.10 Å². The number of aromatic nitrogens is 5. The standard InChI is InChI=1S/C16H16N6O2/c23-16(12-5-1-2-6-13(12)21-7-3-4-8-21)22-9-10-24-14(11-22)15-17-19-20-18-15/h1-8,14H,9-11H2,(H,17,18,19,20). The second kappa shape index (κ2) is 6.25. The van der Waals surface area contributed by atoms with Gasteiger partial charge in [-0.1, -0.05) is 17.3 Å². The molecule has 1 saturated heterocycles. The molecule has 0 saturated carbocycles. The summed E-state index contributed by atoms with van der Waals surface area (Å²) in [4.78, 5) is 14.8. The molecule has 0 radical (unpaired) electrons. The first kappa shape index (κ1) is 14.6. The molecule has 8 nitrogen and oxygen atoms in total. The van der Waals surface area contributed by atoms with Crippen LogP contribution in [-0.4, -0.2) is 55.7 Å². The number of amides is 1. The number of aromatic amines is 1. The zero-order valence-corrected chi connectivity index (χ0v) is 12.9. The van der Waals surface area contributed by atoms with Gasteiger partial charge < -0.3 is 14.2 Å². The Balaban J connectivity index is 1.60. The molecule has 0 aliphatic carbocycles. The van der Waals surface area contributed by atoms with Crippen molar-refractivity contribution in [3.8, 4) is 5.69 Å². The average molecular weight is 324 g/mol. The number of ether oxygens (including phenoxy) is 1. The second-order valence-electron chi connectivity index (χ2n) is 5.49. The molecule has 0 bridgehead atoms. The monoisotopic (exact) mass is 324 g/mol. The third-order valence-electron chi connectivity index (χ3n) is 4.02. The number of nitrogens with zero attached hydrogens (tertiary/aromatic N) is 5. The van der Waals surface area contributed by atoms with Crippen LogP contribution < -0.4 is 0 Å². The van der Waals surface area contributed by atoms with Crippen LogP contribution in [0.4, 0.5) is 0 Å². The first-order chi connectivity index (χ1) is 11.8. The molecule has 4 rings (SSSR count). The lowest BCUT2D eigenvalue weighted by molar-refractivity contribution is -0.0268. The first-order valence-corrected chi connectivity index (χ1v) is 7.69. The van der Waals surface area contributed by atoms with E-state index in [1.807, 2.05) is 53.4 Å². The largest absolute Gasteiger partial charge is 0.366 e. The second-order valence-corrected chi connectivity index (χ2v) is 5.49. The van der Waals surface area contributed by atoms with Crippen molar-refractivity contribution in [3.05, 3.63) is 60.2 Å². The number of tetrazole rings is 1. The predicted octanol–water partition coefficient (Wildman–Crippen LogP) is 1.20. The Bertz CT molecular complexity index is 815. The normalized spacial score (nSPS) is 17.8. The van der Waals surface area contributed by atoms with Gasteiger partial charge in [0.15, 0.2) is 0 Å². The fourth-order valence-corrected chi connectivity index (χ4v) is 2.84. The van der Waals surface area contributed by atoms with Crippen LogP contribution in [-0.2, 0) is 4.74 Å². The van der Waals surface area contributed by atoms with E-state index in [0.717, 1.165) is 5.69 Å². The van der Waals surface area contributed by atoms with Gasteiger partial charge in [0.25, 0.3) is 5.91 Å². The van der Waals surface area contributed by atoms with Crippen LogP contribution in [0.15, 0.2) is 48.8 Å². The van der Waals surface area contributed by atoms with Crippen LogP contribution >= 0.6 is 0 Å². The van der Waals surface area contributed by atoms with E-state index >= 15 is 0 Å². The summed E-state index contributed by atoms with van der Waals surface area (Å²) in [7, 11) is 0. The third-order valence-corrected chi connectivity index (χ3v) is 4.02. The summed E-state index contributed by atoms with van der Waals surface area (Å²) in [5.74, 6) is 0.433. The molecule has 1 N–H and O–H groups in total. The lowest BCUT2D eigenvalue weighted by Crippen LogP contribution is -2.42. The number of hydrogen-bond acceptors (Lipinski definition) is 5. The van der Waals surface area contributed by atoms with E-state index in [4.69, 9.17) is 4.74 Å². The van der Waals surface area contributed by atoms with Crippen molar-refractivity contribution in [2.75, 3.05) is 19.7 Å². The van der Waals surface area contributed by atoms with Gasteiger partial charge in [0, 0.05) is 18.9 Å². The minimum Gasteiger partial charge on any atom is -0.366 e. The molecule has 1 aliphatic rings. The van der Waals surface area contributed by atoms with Gasteiger partial charge in [-0.05, 0) is 24.3 Å². The minimum atomic E-state index is -0.361. The number of H-pyrrole nitrogens is 1.